The Labute approximate surface area is 734 Å². The number of aryl methyl sites for hydroxylation is 1. The van der Waals surface area contributed by atoms with E-state index >= 15 is 0 Å². The van der Waals surface area contributed by atoms with Crippen LogP contribution in [0.5, 0.6) is 0 Å². The number of esters is 4. The first kappa shape index (κ1) is 173. The molecule has 100 heavy (non-hydrogen) atoms. The number of ether oxygens (including phenoxy) is 4. The molecule has 4 heterocycles. The minimum absolute atomic E-state index is 0. The number of nitrogens with two attached hydrogens (primary N) is 3. The number of halogens is 6. The fraction of sp³-hybridized carbons (Fsp3) is 0.525. The fourth-order valence-corrected chi connectivity index (χ4v) is 4.67. The van der Waals surface area contributed by atoms with Crippen LogP contribution in [-0.2, 0) is 204 Å². The smallest absolute Gasteiger partial charge is 2.00 e. The van der Waals surface area contributed by atoms with E-state index in [9.17, 15) is 19.2 Å². The second kappa shape index (κ2) is 116. The third kappa shape index (κ3) is 105. The Morgan fingerprint density at radius 3 is 1.29 bits per heavy atom. The predicted octanol–water partition coefficient (Wildman–Crippen LogP) is 9.32. The standard InChI is InChI=1S/C9H15N2O2.C9H13N2O2.C8H13N2O2.C8H11N2O2.C5H10N.C4H12N2.C4H6N.C3H10N2.CH3Br.2CO2.6CH3.5ClH.Mn.2O.6W/c2*1-6(2)8-10-7(5-11(8)3)9(12)13-4;2*1-5(2)7-9-4-6(10-7)8(11)12-3;1-4(2)5(3)6;1-4(5)3-6-2;1-4(2)5-3;1-3(5)2-4;1-2;2*2-1-3;;;;;;;;;;;;;;;;;;;;/h7H,5H2,1-4H3;5H,1-4H3;6H,4H2,1-3H3,(H,9,10);4H,1-3H3,(H,9,10);6H,1-3H3;4,6H,3,5H2,1-2H3;1-2H3;3H,2,4-5H2,1H3;1H3;;;6*1H3;5*1H;;;;;;;;;/q5*-1;;-1;;;;;6*-1;;;;;;;;;6*+2. The van der Waals surface area contributed by atoms with Gasteiger partial charge in [0.1, 0.15) is 11.7 Å². The van der Waals surface area contributed by atoms with Gasteiger partial charge in [0.05, 0.1) is 41.2 Å². The molecular weight excluding hydrogens is 2540 g/mol. The molecular formula is C59H116BrCl5MnN14O14W6. The Kier molecular flexibility index (Phi) is 201. The summed E-state index contributed by atoms with van der Waals surface area (Å²) in [5.74, 6) is 9.13. The van der Waals surface area contributed by atoms with Crippen LogP contribution in [0, 0.1) is 92.2 Å². The molecule has 2 aromatic heterocycles. The summed E-state index contributed by atoms with van der Waals surface area (Å²) in [6, 6.07) is 0.606. The zero-order valence-corrected chi connectivity index (χ0v) is 87.6. The summed E-state index contributed by atoms with van der Waals surface area (Å²) in [7, 11) is 11.1. The summed E-state index contributed by atoms with van der Waals surface area (Å²) in [6.07, 6.45) is 3.63. The average molecular weight is 2660 g/mol. The first-order valence-corrected chi connectivity index (χ1v) is 27.0. The minimum atomic E-state index is -1.44. The molecule has 0 saturated heterocycles. The van der Waals surface area contributed by atoms with Crippen LogP contribution in [0.2, 0.25) is 0 Å². The SMILES string of the molecule is CBr.CC(=N)[C-](C)C.CC(N)CN.CNCC(C)N.COC(=O)C1CN(C)C([C-](C)C)=N1.COC(=O)C1CN=C([C-](C)C)N1.COC(=O)c1cn(C)c([C-](C)C)n1.COC(=O)c1cnc([C-](C)C)[nH]1.Cl.Cl.Cl.Cl.Cl.O=C=O.O=C=O.[C-]#[N+][C-](C)C.[CH3-].[CH3-].[CH3-].[CH3-].[CH3-].[CH3-].[O]=[Mn]=[O].[W+2].[W+2].[W+2].[W+2].[W+2].[W+2]. The number of hydrogen-bond donors (Lipinski definition) is 7. The number of carbonyl (C=O) groups excluding carboxylic acids is 8. The van der Waals surface area contributed by atoms with Gasteiger partial charge in [0.25, 0.3) is 0 Å². The average Bonchev–Trinajstić information content (AvgIpc) is 4.28. The van der Waals surface area contributed by atoms with Crippen molar-refractivity contribution in [3.8, 4) is 0 Å². The third-order valence-corrected chi connectivity index (χ3v) is 8.75. The van der Waals surface area contributed by atoms with Crippen LogP contribution in [0.15, 0.2) is 22.4 Å². The molecule has 0 spiro atoms. The summed E-state index contributed by atoms with van der Waals surface area (Å²) < 4.78 is 36.9. The number of imidazole rings is 2. The van der Waals surface area contributed by atoms with Crippen LogP contribution >= 0.6 is 78.0 Å². The van der Waals surface area contributed by atoms with Gasteiger partial charge in [-0.1, -0.05) is 22.9 Å². The maximum absolute atomic E-state index is 11.2. The second-order valence-electron chi connectivity index (χ2n) is 17.6. The van der Waals surface area contributed by atoms with Gasteiger partial charge in [0.2, 0.25) is 0 Å². The molecule has 4 rings (SSSR count). The Hall–Kier alpha value is -1.60. The van der Waals surface area contributed by atoms with Crippen molar-refractivity contribution < 1.29 is 206 Å². The van der Waals surface area contributed by atoms with E-state index in [1.165, 1.54) is 34.6 Å². The molecule has 0 radical (unpaired) electrons. The number of aromatic amines is 1. The molecule has 0 saturated carbocycles. The van der Waals surface area contributed by atoms with E-state index in [2.05, 4.69) is 75.3 Å². The number of amidine groups is 2. The van der Waals surface area contributed by atoms with Crippen LogP contribution in [0.3, 0.4) is 0 Å². The molecule has 4 atom stereocenters. The predicted molar refractivity (Wildman–Crippen MR) is 389 cm³/mol. The van der Waals surface area contributed by atoms with E-state index in [-0.39, 0.29) is 281 Å². The molecule has 0 fully saturated rings. The van der Waals surface area contributed by atoms with Crippen LogP contribution in [0.25, 0.3) is 4.85 Å². The number of alkyl halides is 1. The van der Waals surface area contributed by atoms with Crippen LogP contribution < -0.4 is 27.8 Å². The molecule has 0 bridgehead atoms. The van der Waals surface area contributed by atoms with Gasteiger partial charge in [-0.3, -0.25) is 21.5 Å². The minimum Gasteiger partial charge on any atom is 2.00 e. The van der Waals surface area contributed by atoms with Crippen molar-refractivity contribution in [2.24, 2.45) is 34.2 Å². The molecule has 591 valence electrons. The number of likely N-dealkylation sites (N-methyl/N-ethyl adjacent to an activating group) is 2. The monoisotopic (exact) mass is 2660 g/mol. The van der Waals surface area contributed by atoms with E-state index in [0.29, 0.717) is 36.7 Å². The molecule has 0 aromatic carbocycles. The molecule has 0 amide bonds. The fourth-order valence-electron chi connectivity index (χ4n) is 4.67. The molecule has 2 aromatic rings. The molecule has 10 N–H and O–H groups in total. The summed E-state index contributed by atoms with van der Waals surface area (Å²) in [5, 5.41) is 12.8. The van der Waals surface area contributed by atoms with Crippen molar-refractivity contribution in [2.75, 3.05) is 74.5 Å². The number of methoxy groups -OCH3 is 4. The van der Waals surface area contributed by atoms with Crippen molar-refractivity contribution in [3.05, 3.63) is 127 Å². The van der Waals surface area contributed by atoms with Gasteiger partial charge < -0.3 is 151 Å². The number of aromatic nitrogens is 4. The van der Waals surface area contributed by atoms with Crippen LogP contribution in [0.1, 0.15) is 136 Å². The van der Waals surface area contributed by atoms with Gasteiger partial charge in [0.15, 0.2) is 11.7 Å². The zero-order chi connectivity index (χ0) is 67.1. The Morgan fingerprint density at radius 1 is 0.730 bits per heavy atom. The van der Waals surface area contributed by atoms with E-state index in [1.54, 1.807) is 27.0 Å². The molecule has 28 nitrogen and oxygen atoms in total. The molecule has 0 aliphatic carbocycles. The van der Waals surface area contributed by atoms with E-state index < -0.39 is 26.8 Å². The number of nitrogens with zero attached hydrogens (tertiary/aromatic N) is 7. The van der Waals surface area contributed by atoms with Crippen LogP contribution in [-0.4, -0.2) is 177 Å². The largest absolute Gasteiger partial charge is 2.00 e. The number of nitrogens with one attached hydrogen (secondary N) is 4. The van der Waals surface area contributed by atoms with Crippen molar-refractivity contribution in [2.45, 2.75) is 128 Å². The Morgan fingerprint density at radius 2 is 1.09 bits per heavy atom. The summed E-state index contributed by atoms with van der Waals surface area (Å²) in [5.41, 5.74) is 17.0. The van der Waals surface area contributed by atoms with Gasteiger partial charge in [-0.05, 0) is 56.1 Å². The van der Waals surface area contributed by atoms with Gasteiger partial charge in [-0.15, -0.1) is 81.6 Å². The maximum Gasteiger partial charge on any atom is 2.00 e. The van der Waals surface area contributed by atoms with Crippen molar-refractivity contribution in [1.82, 2.24) is 35.1 Å². The van der Waals surface area contributed by atoms with E-state index in [4.69, 9.17) is 56.0 Å². The van der Waals surface area contributed by atoms with Crippen LogP contribution in [0.4, 0.5) is 0 Å². The molecule has 4 unspecified atom stereocenters. The molecule has 41 heteroatoms. The normalized spacial score (nSPS) is 10.5. The zero-order valence-electron chi connectivity index (χ0n) is 63.1. The summed E-state index contributed by atoms with van der Waals surface area (Å²) in [6.45, 7) is 37.5. The van der Waals surface area contributed by atoms with Crippen molar-refractivity contribution in [1.29, 1.82) is 5.41 Å². The van der Waals surface area contributed by atoms with Crippen molar-refractivity contribution in [3.63, 3.8) is 0 Å². The number of rotatable bonds is 12. The number of hydrogen-bond acceptors (Lipinski definition) is 25. The van der Waals surface area contributed by atoms with Gasteiger partial charge in [0, 0.05) is 52.0 Å². The van der Waals surface area contributed by atoms with E-state index in [1.807, 2.05) is 120 Å². The van der Waals surface area contributed by atoms with Gasteiger partial charge in [-0.2, -0.15) is 88.4 Å². The van der Waals surface area contributed by atoms with Crippen molar-refractivity contribution >= 4 is 132 Å². The first-order valence-electron chi connectivity index (χ1n) is 24.5. The quantitative estimate of drug-likeness (QED) is 0.0260. The number of aliphatic imine (C=N–C) groups is 2. The van der Waals surface area contributed by atoms with E-state index in [0.717, 1.165) is 65.5 Å². The first-order chi connectivity index (χ1) is 38.6. The number of H-pyrrole nitrogens is 1. The van der Waals surface area contributed by atoms with Gasteiger partial charge in [-0.25, -0.2) is 19.2 Å². The maximum atomic E-state index is 11.2. The Bertz CT molecular complexity index is 2280. The molecule has 2 aliphatic heterocycles. The second-order valence-corrected chi connectivity index (χ2v) is 17.8. The number of carbonyl (C=O) groups is 4. The Balaban J connectivity index is -0.0000000272. The third-order valence-electron chi connectivity index (χ3n) is 8.75. The summed E-state index contributed by atoms with van der Waals surface area (Å²) in [4.78, 5) is 101. The summed E-state index contributed by atoms with van der Waals surface area (Å²) >= 11 is 1.50. The van der Waals surface area contributed by atoms with Gasteiger partial charge >= 0.3 is 185 Å². The molecule has 2 aliphatic rings. The topological polar surface area (TPSA) is 412 Å².